The standard InChI is InChI=1S/C23H22N2O4S/c1-13-9-15(10-14(2)21(13)29-23(3,4)22(27)25-28)5-8-20(26)19-11-16-6-7-17(30)12-18(16)24-19/h5-12,24,30H,1-4H3/b8-5+. The van der Waals surface area contributed by atoms with Crippen LogP contribution in [0.3, 0.4) is 0 Å². The fourth-order valence-corrected chi connectivity index (χ4v) is 3.36. The first-order chi connectivity index (χ1) is 14.1. The van der Waals surface area contributed by atoms with Crippen molar-refractivity contribution >= 4 is 41.3 Å². The lowest BCUT2D eigenvalue weighted by Gasteiger charge is -2.24. The second kappa shape index (κ2) is 8.28. The van der Waals surface area contributed by atoms with Crippen molar-refractivity contribution in [3.8, 4) is 5.75 Å². The number of carbonyl (C=O) groups excluding carboxylic acids is 2. The molecule has 0 unspecified atom stereocenters. The predicted octanol–water partition coefficient (Wildman–Crippen LogP) is 5.42. The minimum atomic E-state index is -1.35. The van der Waals surface area contributed by atoms with Crippen molar-refractivity contribution in [2.24, 2.45) is 5.18 Å². The summed E-state index contributed by atoms with van der Waals surface area (Å²) in [6.45, 7) is 6.67. The molecule has 0 saturated carbocycles. The number of nitrogens with zero attached hydrogens (tertiary/aromatic N) is 1. The van der Waals surface area contributed by atoms with Crippen LogP contribution in [0, 0.1) is 18.8 Å². The summed E-state index contributed by atoms with van der Waals surface area (Å²) >= 11 is 4.31. The summed E-state index contributed by atoms with van der Waals surface area (Å²) in [5.74, 6) is -0.510. The summed E-state index contributed by atoms with van der Waals surface area (Å²) in [5.41, 5.74) is 2.37. The van der Waals surface area contributed by atoms with Gasteiger partial charge in [-0.05, 0) is 80.8 Å². The van der Waals surface area contributed by atoms with Gasteiger partial charge >= 0.3 is 5.91 Å². The molecule has 7 heteroatoms. The Morgan fingerprint density at radius 2 is 1.77 bits per heavy atom. The molecule has 0 bridgehead atoms. The van der Waals surface area contributed by atoms with Gasteiger partial charge in [0.25, 0.3) is 0 Å². The molecule has 1 N–H and O–H groups in total. The molecule has 154 valence electrons. The van der Waals surface area contributed by atoms with Crippen LogP contribution >= 0.6 is 12.6 Å². The topological polar surface area (TPSA) is 88.6 Å². The average Bonchev–Trinajstić information content (AvgIpc) is 3.11. The molecule has 3 rings (SSSR count). The smallest absolute Gasteiger partial charge is 0.328 e. The van der Waals surface area contributed by atoms with Crippen LogP contribution in [0.2, 0.25) is 0 Å². The summed E-state index contributed by atoms with van der Waals surface area (Å²) < 4.78 is 5.76. The summed E-state index contributed by atoms with van der Waals surface area (Å²) in [6.07, 6.45) is 3.23. The summed E-state index contributed by atoms with van der Waals surface area (Å²) in [7, 11) is 0. The van der Waals surface area contributed by atoms with Crippen molar-refractivity contribution in [2.75, 3.05) is 0 Å². The average molecular weight is 423 g/mol. The number of aromatic amines is 1. The van der Waals surface area contributed by atoms with Crippen molar-refractivity contribution in [2.45, 2.75) is 38.2 Å². The summed E-state index contributed by atoms with van der Waals surface area (Å²) in [4.78, 5) is 38.7. The van der Waals surface area contributed by atoms with Crippen molar-refractivity contribution in [1.82, 2.24) is 4.98 Å². The van der Waals surface area contributed by atoms with Gasteiger partial charge in [-0.3, -0.25) is 9.59 Å². The molecule has 6 nitrogen and oxygen atoms in total. The lowest BCUT2D eigenvalue weighted by Crippen LogP contribution is -2.37. The largest absolute Gasteiger partial charge is 0.477 e. The van der Waals surface area contributed by atoms with E-state index in [1.807, 2.05) is 50.2 Å². The zero-order valence-electron chi connectivity index (χ0n) is 17.1. The van der Waals surface area contributed by atoms with E-state index in [4.69, 9.17) is 4.74 Å². The zero-order valence-corrected chi connectivity index (χ0v) is 18.0. The van der Waals surface area contributed by atoms with Gasteiger partial charge in [-0.1, -0.05) is 12.1 Å². The highest BCUT2D eigenvalue weighted by Gasteiger charge is 2.32. The number of hydrogen-bond acceptors (Lipinski definition) is 5. The van der Waals surface area contributed by atoms with E-state index in [9.17, 15) is 14.5 Å². The number of hydrogen-bond donors (Lipinski definition) is 2. The monoisotopic (exact) mass is 422 g/mol. The molecule has 0 saturated heterocycles. The lowest BCUT2D eigenvalue weighted by atomic mass is 10.0. The van der Waals surface area contributed by atoms with Crippen LogP contribution in [0.25, 0.3) is 17.0 Å². The van der Waals surface area contributed by atoms with Gasteiger partial charge in [-0.15, -0.1) is 17.5 Å². The number of aromatic nitrogens is 1. The molecule has 1 amide bonds. The van der Waals surface area contributed by atoms with Crippen LogP contribution < -0.4 is 4.74 Å². The van der Waals surface area contributed by atoms with Crippen molar-refractivity contribution in [3.05, 3.63) is 69.8 Å². The quantitative estimate of drug-likeness (QED) is 0.240. The third kappa shape index (κ3) is 4.52. The highest BCUT2D eigenvalue weighted by atomic mass is 32.1. The van der Waals surface area contributed by atoms with E-state index < -0.39 is 11.5 Å². The normalized spacial score (nSPS) is 11.8. The number of nitroso groups, excluding NO2 is 1. The second-order valence-corrected chi connectivity index (χ2v) is 8.16. The number of ketones is 1. The number of allylic oxidation sites excluding steroid dienone is 1. The van der Waals surface area contributed by atoms with Gasteiger partial charge < -0.3 is 9.72 Å². The van der Waals surface area contributed by atoms with Gasteiger partial charge in [-0.25, -0.2) is 0 Å². The Morgan fingerprint density at radius 3 is 2.40 bits per heavy atom. The van der Waals surface area contributed by atoms with E-state index in [0.717, 1.165) is 32.5 Å². The predicted molar refractivity (Wildman–Crippen MR) is 120 cm³/mol. The number of nitrogens with one attached hydrogen (secondary N) is 1. The maximum Gasteiger partial charge on any atom is 0.328 e. The first-order valence-electron chi connectivity index (χ1n) is 9.33. The summed E-state index contributed by atoms with van der Waals surface area (Å²) in [5, 5.41) is 3.41. The maximum atomic E-state index is 12.6. The fraction of sp³-hybridized carbons (Fsp3) is 0.217. The highest BCUT2D eigenvalue weighted by Crippen LogP contribution is 2.29. The van der Waals surface area contributed by atoms with Crippen LogP contribution in [-0.4, -0.2) is 22.3 Å². The summed E-state index contributed by atoms with van der Waals surface area (Å²) in [6, 6.07) is 11.2. The molecule has 1 heterocycles. The fourth-order valence-electron chi connectivity index (χ4n) is 3.16. The molecule has 0 atom stereocenters. The lowest BCUT2D eigenvalue weighted by molar-refractivity contribution is -0.130. The van der Waals surface area contributed by atoms with Gasteiger partial charge in [-0.2, -0.15) is 0 Å². The van der Waals surface area contributed by atoms with Gasteiger partial charge in [0.2, 0.25) is 5.78 Å². The first kappa shape index (κ1) is 21.5. The van der Waals surface area contributed by atoms with E-state index in [0.29, 0.717) is 11.4 Å². The van der Waals surface area contributed by atoms with Crippen molar-refractivity contribution < 1.29 is 14.3 Å². The van der Waals surface area contributed by atoms with Crippen LogP contribution in [-0.2, 0) is 4.79 Å². The number of amides is 1. The molecule has 0 radical (unpaired) electrons. The molecular weight excluding hydrogens is 400 g/mol. The van der Waals surface area contributed by atoms with E-state index in [2.05, 4.69) is 22.8 Å². The van der Waals surface area contributed by atoms with Crippen LogP contribution in [0.4, 0.5) is 0 Å². The Labute approximate surface area is 179 Å². The van der Waals surface area contributed by atoms with Crippen molar-refractivity contribution in [3.63, 3.8) is 0 Å². The Hall–Kier alpha value is -3.19. The molecular formula is C23H22N2O4S. The molecule has 0 aliphatic rings. The molecule has 2 aromatic carbocycles. The maximum absolute atomic E-state index is 12.6. The van der Waals surface area contributed by atoms with Crippen LogP contribution in [0.1, 0.15) is 41.0 Å². The first-order valence-corrected chi connectivity index (χ1v) is 9.77. The number of thiol groups is 1. The van der Waals surface area contributed by atoms with E-state index in [1.165, 1.54) is 19.9 Å². The Morgan fingerprint density at radius 1 is 1.10 bits per heavy atom. The Balaban J connectivity index is 1.82. The highest BCUT2D eigenvalue weighted by molar-refractivity contribution is 7.80. The number of aryl methyl sites for hydroxylation is 2. The second-order valence-electron chi connectivity index (χ2n) is 7.64. The van der Waals surface area contributed by atoms with Gasteiger partial charge in [0, 0.05) is 21.0 Å². The van der Waals surface area contributed by atoms with Gasteiger partial charge in [0.1, 0.15) is 5.75 Å². The number of fused-ring (bicyclic) bond motifs is 1. The van der Waals surface area contributed by atoms with Crippen molar-refractivity contribution in [1.29, 1.82) is 0 Å². The molecule has 0 aliphatic carbocycles. The molecule has 0 aliphatic heterocycles. The zero-order chi connectivity index (χ0) is 22.1. The van der Waals surface area contributed by atoms with Gasteiger partial charge in [0.05, 0.1) is 5.69 Å². The molecule has 1 aromatic heterocycles. The number of carbonyl (C=O) groups is 2. The van der Waals surface area contributed by atoms with Crippen LogP contribution in [0.5, 0.6) is 5.75 Å². The number of H-pyrrole nitrogens is 1. The van der Waals surface area contributed by atoms with Gasteiger partial charge in [0.15, 0.2) is 5.60 Å². The molecule has 0 spiro atoms. The van der Waals surface area contributed by atoms with E-state index >= 15 is 0 Å². The van der Waals surface area contributed by atoms with E-state index in [-0.39, 0.29) is 5.78 Å². The number of ether oxygens (including phenoxy) is 1. The molecule has 3 aromatic rings. The minimum absolute atomic E-state index is 0.147. The van der Waals surface area contributed by atoms with E-state index in [1.54, 1.807) is 6.08 Å². The third-order valence-corrected chi connectivity index (χ3v) is 5.01. The van der Waals surface area contributed by atoms with Crippen LogP contribution in [0.15, 0.2) is 52.5 Å². The number of rotatable bonds is 6. The SMILES string of the molecule is Cc1cc(/C=C/C(=O)c2cc3ccc(S)cc3[nH]2)cc(C)c1OC(C)(C)C(=O)N=O. The molecule has 0 fully saturated rings. The Kier molecular flexibility index (Phi) is 5.94. The minimum Gasteiger partial charge on any atom is -0.477 e. The Bertz CT molecular complexity index is 1170. The number of benzene rings is 2. The third-order valence-electron chi connectivity index (χ3n) is 4.74. The molecule has 30 heavy (non-hydrogen) atoms.